The number of aromatic nitrogens is 3. The lowest BCUT2D eigenvalue weighted by atomic mass is 9.79. The summed E-state index contributed by atoms with van der Waals surface area (Å²) < 4.78 is 1.67. The summed E-state index contributed by atoms with van der Waals surface area (Å²) in [6.45, 7) is 6.76. The number of rotatable bonds is 7. The summed E-state index contributed by atoms with van der Waals surface area (Å²) in [4.78, 5) is 17.1. The first-order valence-corrected chi connectivity index (χ1v) is 8.14. The van der Waals surface area contributed by atoms with Crippen molar-refractivity contribution in [3.63, 3.8) is 0 Å². The summed E-state index contributed by atoms with van der Waals surface area (Å²) in [6, 6.07) is 1.80. The molecule has 6 nitrogen and oxygen atoms in total. The summed E-state index contributed by atoms with van der Waals surface area (Å²) in [5, 5.41) is 17.3. The molecule has 0 spiro atoms. The Morgan fingerprint density at radius 3 is 2.70 bits per heavy atom. The van der Waals surface area contributed by atoms with E-state index in [-0.39, 0.29) is 17.9 Å². The number of hydrogen-bond donors (Lipinski definition) is 2. The summed E-state index contributed by atoms with van der Waals surface area (Å²) in [5.41, 5.74) is 2.05. The lowest BCUT2D eigenvalue weighted by Crippen LogP contribution is -2.37. The third kappa shape index (κ3) is 3.52. The van der Waals surface area contributed by atoms with Crippen molar-refractivity contribution in [1.82, 2.24) is 20.1 Å². The topological polar surface area (TPSA) is 80.0 Å². The van der Waals surface area contributed by atoms with Gasteiger partial charge in [-0.05, 0) is 37.7 Å². The highest BCUT2D eigenvalue weighted by molar-refractivity contribution is 6.05. The average Bonchev–Trinajstić information content (AvgIpc) is 2.92. The maximum Gasteiger partial charge on any atom is 0.252 e. The summed E-state index contributed by atoms with van der Waals surface area (Å²) in [5.74, 6) is -0.113. The molecule has 2 aromatic rings. The number of carbonyl (C=O) groups is 1. The van der Waals surface area contributed by atoms with Gasteiger partial charge in [0.25, 0.3) is 5.91 Å². The van der Waals surface area contributed by atoms with E-state index >= 15 is 0 Å². The number of nitrogens with zero attached hydrogens (tertiary/aromatic N) is 3. The highest BCUT2D eigenvalue weighted by Gasteiger charge is 2.26. The molecule has 0 atom stereocenters. The molecule has 23 heavy (non-hydrogen) atoms. The molecular weight excluding hydrogens is 292 g/mol. The van der Waals surface area contributed by atoms with Crippen molar-refractivity contribution in [1.29, 1.82) is 0 Å². The Morgan fingerprint density at radius 1 is 1.39 bits per heavy atom. The van der Waals surface area contributed by atoms with E-state index in [2.05, 4.69) is 29.2 Å². The van der Waals surface area contributed by atoms with E-state index in [9.17, 15) is 9.90 Å². The van der Waals surface area contributed by atoms with Crippen molar-refractivity contribution < 1.29 is 9.90 Å². The lowest BCUT2D eigenvalue weighted by molar-refractivity contribution is 0.0909. The van der Waals surface area contributed by atoms with Crippen LogP contribution < -0.4 is 5.32 Å². The maximum atomic E-state index is 12.7. The number of carbonyl (C=O) groups excluding carboxylic acids is 1. The van der Waals surface area contributed by atoms with Gasteiger partial charge >= 0.3 is 0 Å². The number of amides is 1. The van der Waals surface area contributed by atoms with Gasteiger partial charge in [0.15, 0.2) is 5.65 Å². The Kier molecular flexibility index (Phi) is 5.36. The average molecular weight is 318 g/mol. The molecule has 0 aliphatic heterocycles. The largest absolute Gasteiger partial charge is 0.396 e. The Balaban J connectivity index is 2.24. The first-order valence-electron chi connectivity index (χ1n) is 8.14. The fourth-order valence-electron chi connectivity index (χ4n) is 2.97. The van der Waals surface area contributed by atoms with Crippen LogP contribution in [0, 0.1) is 12.3 Å². The van der Waals surface area contributed by atoms with Crippen LogP contribution >= 0.6 is 0 Å². The number of hydrogen-bond acceptors (Lipinski definition) is 4. The Bertz CT molecular complexity index is 689. The number of fused-ring (bicyclic) bond motifs is 1. The van der Waals surface area contributed by atoms with Gasteiger partial charge in [-0.1, -0.05) is 13.8 Å². The minimum atomic E-state index is -0.113. The molecule has 0 radical (unpaired) electrons. The molecule has 0 aromatic carbocycles. The second-order valence-electron chi connectivity index (χ2n) is 6.18. The lowest BCUT2D eigenvalue weighted by Gasteiger charge is -2.31. The van der Waals surface area contributed by atoms with Gasteiger partial charge in [-0.2, -0.15) is 5.10 Å². The van der Waals surface area contributed by atoms with Crippen molar-refractivity contribution in [2.24, 2.45) is 12.5 Å². The fraction of sp³-hybridized carbons (Fsp3) is 0.588. The van der Waals surface area contributed by atoms with E-state index in [1.54, 1.807) is 16.9 Å². The zero-order valence-electron chi connectivity index (χ0n) is 14.4. The molecule has 0 unspecified atom stereocenters. The van der Waals surface area contributed by atoms with Crippen molar-refractivity contribution in [3.05, 3.63) is 23.5 Å². The zero-order chi connectivity index (χ0) is 17.0. The van der Waals surface area contributed by atoms with Gasteiger partial charge in [-0.3, -0.25) is 9.48 Å². The summed E-state index contributed by atoms with van der Waals surface area (Å²) in [6.07, 6.45) is 4.21. The maximum absolute atomic E-state index is 12.7. The second-order valence-corrected chi connectivity index (χ2v) is 6.18. The minimum Gasteiger partial charge on any atom is -0.396 e. The smallest absolute Gasteiger partial charge is 0.252 e. The van der Waals surface area contributed by atoms with E-state index in [0.29, 0.717) is 24.2 Å². The third-order valence-corrected chi connectivity index (χ3v) is 4.84. The molecule has 0 fully saturated rings. The van der Waals surface area contributed by atoms with Crippen molar-refractivity contribution in [2.75, 3.05) is 13.2 Å². The number of pyridine rings is 1. The minimum absolute atomic E-state index is 0.0550. The van der Waals surface area contributed by atoms with Crippen molar-refractivity contribution in [3.8, 4) is 0 Å². The summed E-state index contributed by atoms with van der Waals surface area (Å²) in [7, 11) is 1.82. The van der Waals surface area contributed by atoms with Gasteiger partial charge in [0, 0.05) is 25.9 Å². The van der Waals surface area contributed by atoms with Crippen molar-refractivity contribution >= 4 is 16.9 Å². The SMILES string of the molecule is CCC(CC)(CCO)CNC(=O)c1cc(C)nc2c1cnn2C. The van der Waals surface area contributed by atoms with Crippen LogP contribution in [0.1, 0.15) is 49.2 Å². The van der Waals surface area contributed by atoms with Crippen LogP contribution in [-0.4, -0.2) is 38.9 Å². The van der Waals surface area contributed by atoms with Crippen LogP contribution in [-0.2, 0) is 7.05 Å². The highest BCUT2D eigenvalue weighted by atomic mass is 16.3. The molecule has 1 amide bonds. The van der Waals surface area contributed by atoms with Crippen LogP contribution in [0.2, 0.25) is 0 Å². The molecule has 0 aliphatic carbocycles. The van der Waals surface area contributed by atoms with Gasteiger partial charge in [0.05, 0.1) is 17.1 Å². The Hall–Kier alpha value is -1.95. The molecule has 2 aromatic heterocycles. The zero-order valence-corrected chi connectivity index (χ0v) is 14.4. The van der Waals surface area contributed by atoms with E-state index in [4.69, 9.17) is 0 Å². The molecule has 0 saturated heterocycles. The number of nitrogens with one attached hydrogen (secondary N) is 1. The quantitative estimate of drug-likeness (QED) is 0.820. The van der Waals surface area contributed by atoms with E-state index in [0.717, 1.165) is 23.9 Å². The first-order chi connectivity index (χ1) is 11.0. The van der Waals surface area contributed by atoms with Crippen LogP contribution in [0.4, 0.5) is 0 Å². The number of aryl methyl sites for hydroxylation is 2. The third-order valence-electron chi connectivity index (χ3n) is 4.84. The molecule has 0 aliphatic rings. The van der Waals surface area contributed by atoms with Crippen LogP contribution in [0.15, 0.2) is 12.3 Å². The standard InChI is InChI=1S/C17H26N4O2/c1-5-17(6-2,7-8-22)11-18-16(23)13-9-12(3)20-15-14(13)10-19-21(15)4/h9-10,22H,5-8,11H2,1-4H3,(H,18,23). The second kappa shape index (κ2) is 7.08. The normalized spacial score (nSPS) is 11.9. The molecule has 6 heteroatoms. The number of aliphatic hydroxyl groups excluding tert-OH is 1. The van der Waals surface area contributed by atoms with Gasteiger partial charge in [-0.15, -0.1) is 0 Å². The Labute approximate surface area is 136 Å². The van der Waals surface area contributed by atoms with E-state index < -0.39 is 0 Å². The van der Waals surface area contributed by atoms with Crippen molar-refractivity contribution in [2.45, 2.75) is 40.0 Å². The van der Waals surface area contributed by atoms with Gasteiger partial charge in [-0.25, -0.2) is 4.98 Å². The molecule has 0 saturated carbocycles. The molecule has 0 bridgehead atoms. The molecule has 2 rings (SSSR count). The van der Waals surface area contributed by atoms with Gasteiger partial charge in [0.1, 0.15) is 0 Å². The monoisotopic (exact) mass is 318 g/mol. The molecular formula is C17H26N4O2. The van der Waals surface area contributed by atoms with E-state index in [1.165, 1.54) is 0 Å². The summed E-state index contributed by atoms with van der Waals surface area (Å²) >= 11 is 0. The fourth-order valence-corrected chi connectivity index (χ4v) is 2.97. The predicted molar refractivity (Wildman–Crippen MR) is 90.3 cm³/mol. The van der Waals surface area contributed by atoms with Crippen LogP contribution in [0.25, 0.3) is 11.0 Å². The van der Waals surface area contributed by atoms with Crippen LogP contribution in [0.3, 0.4) is 0 Å². The molecule has 2 N–H and O–H groups in total. The highest BCUT2D eigenvalue weighted by Crippen LogP contribution is 2.29. The molecule has 2 heterocycles. The van der Waals surface area contributed by atoms with Gasteiger partial charge in [0.2, 0.25) is 0 Å². The predicted octanol–water partition coefficient (Wildman–Crippen LogP) is 2.20. The van der Waals surface area contributed by atoms with Crippen LogP contribution in [0.5, 0.6) is 0 Å². The van der Waals surface area contributed by atoms with Gasteiger partial charge < -0.3 is 10.4 Å². The molecule has 126 valence electrons. The Morgan fingerprint density at radius 2 is 2.09 bits per heavy atom. The first kappa shape index (κ1) is 17.4. The van der Waals surface area contributed by atoms with E-state index in [1.807, 2.05) is 14.0 Å². The number of aliphatic hydroxyl groups is 1.